The highest BCUT2D eigenvalue weighted by molar-refractivity contribution is 9.10. The molecular formula is C16H22BrN5O4. The van der Waals surface area contributed by atoms with E-state index in [2.05, 4.69) is 41.3 Å². The van der Waals surface area contributed by atoms with E-state index in [4.69, 9.17) is 0 Å². The third kappa shape index (κ3) is 4.90. The largest absolute Gasteiger partial charge is 0.453 e. The maximum atomic E-state index is 12.9. The van der Waals surface area contributed by atoms with Gasteiger partial charge in [-0.2, -0.15) is 0 Å². The summed E-state index contributed by atoms with van der Waals surface area (Å²) in [7, 11) is 1.24. The smallest absolute Gasteiger partial charge is 0.407 e. The fraction of sp³-hybridized carbons (Fsp3) is 0.562. The summed E-state index contributed by atoms with van der Waals surface area (Å²) in [5, 5.41) is 5.17. The third-order valence-corrected chi connectivity index (χ3v) is 4.49. The van der Waals surface area contributed by atoms with Crippen molar-refractivity contribution in [1.29, 1.82) is 0 Å². The molecule has 142 valence electrons. The second kappa shape index (κ2) is 8.93. The Hall–Kier alpha value is -2.23. The van der Waals surface area contributed by atoms with E-state index in [-0.39, 0.29) is 23.7 Å². The van der Waals surface area contributed by atoms with Crippen LogP contribution in [0, 0.1) is 5.92 Å². The van der Waals surface area contributed by atoms with E-state index >= 15 is 0 Å². The molecule has 9 nitrogen and oxygen atoms in total. The van der Waals surface area contributed by atoms with E-state index < -0.39 is 18.2 Å². The SMILES string of the molecule is COC(=O)N[C@H](C(=O)N1CCC[C@H]1C(=O)Nc1ncc(Br)cn1)C(C)C. The van der Waals surface area contributed by atoms with Crippen LogP contribution < -0.4 is 10.6 Å². The van der Waals surface area contributed by atoms with Gasteiger partial charge in [0.15, 0.2) is 0 Å². The lowest BCUT2D eigenvalue weighted by molar-refractivity contribution is -0.139. The zero-order valence-corrected chi connectivity index (χ0v) is 16.4. The van der Waals surface area contributed by atoms with Crippen molar-refractivity contribution in [3.05, 3.63) is 16.9 Å². The number of carbonyl (C=O) groups is 3. The molecule has 10 heteroatoms. The van der Waals surface area contributed by atoms with Gasteiger partial charge in [0, 0.05) is 18.9 Å². The van der Waals surface area contributed by atoms with Gasteiger partial charge in [0.25, 0.3) is 0 Å². The average molecular weight is 428 g/mol. The first-order valence-corrected chi connectivity index (χ1v) is 9.06. The Morgan fingerprint density at radius 1 is 1.31 bits per heavy atom. The fourth-order valence-electron chi connectivity index (χ4n) is 2.75. The molecule has 0 bridgehead atoms. The highest BCUT2D eigenvalue weighted by atomic mass is 79.9. The van der Waals surface area contributed by atoms with Crippen molar-refractivity contribution in [2.45, 2.75) is 38.8 Å². The van der Waals surface area contributed by atoms with Gasteiger partial charge in [0.1, 0.15) is 12.1 Å². The van der Waals surface area contributed by atoms with Gasteiger partial charge >= 0.3 is 6.09 Å². The summed E-state index contributed by atoms with van der Waals surface area (Å²) in [6.45, 7) is 4.09. The number of hydrogen-bond donors (Lipinski definition) is 2. The molecule has 2 N–H and O–H groups in total. The molecule has 0 aliphatic carbocycles. The number of amides is 3. The maximum absolute atomic E-state index is 12.9. The summed E-state index contributed by atoms with van der Waals surface area (Å²) in [6, 6.07) is -1.39. The van der Waals surface area contributed by atoms with Gasteiger partial charge in [-0.05, 0) is 34.7 Å². The van der Waals surface area contributed by atoms with Gasteiger partial charge in [-0.25, -0.2) is 14.8 Å². The van der Waals surface area contributed by atoms with E-state index in [9.17, 15) is 14.4 Å². The van der Waals surface area contributed by atoms with Crippen molar-refractivity contribution >= 4 is 39.8 Å². The van der Waals surface area contributed by atoms with Crippen LogP contribution in [-0.4, -0.2) is 58.5 Å². The molecule has 1 fully saturated rings. The summed E-state index contributed by atoms with van der Waals surface area (Å²) in [5.74, 6) is -0.634. The van der Waals surface area contributed by atoms with E-state index in [0.717, 1.165) is 0 Å². The maximum Gasteiger partial charge on any atom is 0.407 e. The van der Waals surface area contributed by atoms with Crippen LogP contribution in [0.2, 0.25) is 0 Å². The quantitative estimate of drug-likeness (QED) is 0.736. The lowest BCUT2D eigenvalue weighted by Crippen LogP contribution is -2.54. The number of nitrogens with one attached hydrogen (secondary N) is 2. The number of anilines is 1. The molecule has 0 saturated carbocycles. The van der Waals surface area contributed by atoms with Crippen molar-refractivity contribution in [2.75, 3.05) is 19.0 Å². The minimum Gasteiger partial charge on any atom is -0.453 e. The van der Waals surface area contributed by atoms with Crippen LogP contribution in [-0.2, 0) is 14.3 Å². The zero-order chi connectivity index (χ0) is 19.3. The number of aromatic nitrogens is 2. The van der Waals surface area contributed by atoms with E-state index in [1.807, 2.05) is 13.8 Å². The number of carbonyl (C=O) groups excluding carboxylic acids is 3. The Morgan fingerprint density at radius 2 is 1.96 bits per heavy atom. The highest BCUT2D eigenvalue weighted by Crippen LogP contribution is 2.21. The molecule has 0 radical (unpaired) electrons. The molecule has 0 unspecified atom stereocenters. The summed E-state index contributed by atoms with van der Waals surface area (Å²) in [4.78, 5) is 46.5. The van der Waals surface area contributed by atoms with Gasteiger partial charge in [0.05, 0.1) is 11.6 Å². The molecule has 2 heterocycles. The van der Waals surface area contributed by atoms with Crippen molar-refractivity contribution in [3.63, 3.8) is 0 Å². The highest BCUT2D eigenvalue weighted by Gasteiger charge is 2.38. The van der Waals surface area contributed by atoms with Gasteiger partial charge in [-0.1, -0.05) is 13.8 Å². The average Bonchev–Trinajstić information content (AvgIpc) is 3.10. The van der Waals surface area contributed by atoms with Gasteiger partial charge < -0.3 is 15.0 Å². The number of likely N-dealkylation sites (tertiary alicyclic amines) is 1. The topological polar surface area (TPSA) is 114 Å². The number of nitrogens with zero attached hydrogens (tertiary/aromatic N) is 3. The number of ether oxygens (including phenoxy) is 1. The molecule has 2 rings (SSSR count). The molecule has 1 aliphatic heterocycles. The van der Waals surface area contributed by atoms with Gasteiger partial charge in [0.2, 0.25) is 17.8 Å². The normalized spacial score (nSPS) is 17.7. The number of alkyl carbamates (subject to hydrolysis) is 1. The van der Waals surface area contributed by atoms with Gasteiger partial charge in [-0.3, -0.25) is 14.9 Å². The van der Waals surface area contributed by atoms with Gasteiger partial charge in [-0.15, -0.1) is 0 Å². The lowest BCUT2D eigenvalue weighted by atomic mass is 10.0. The van der Waals surface area contributed by atoms with E-state index in [1.54, 1.807) is 0 Å². The number of rotatable bonds is 5. The van der Waals surface area contributed by atoms with Crippen molar-refractivity contribution in [2.24, 2.45) is 5.92 Å². The number of halogens is 1. The van der Waals surface area contributed by atoms with Crippen LogP contribution in [0.3, 0.4) is 0 Å². The molecule has 0 aromatic carbocycles. The molecule has 1 aliphatic rings. The van der Waals surface area contributed by atoms with Crippen molar-refractivity contribution < 1.29 is 19.1 Å². The number of methoxy groups -OCH3 is 1. The first-order valence-electron chi connectivity index (χ1n) is 8.27. The molecule has 1 aromatic rings. The van der Waals surface area contributed by atoms with Crippen LogP contribution in [0.4, 0.5) is 10.7 Å². The second-order valence-corrected chi connectivity index (χ2v) is 7.18. The second-order valence-electron chi connectivity index (χ2n) is 6.26. The summed E-state index contributed by atoms with van der Waals surface area (Å²) < 4.78 is 5.28. The predicted molar refractivity (Wildman–Crippen MR) is 97.3 cm³/mol. The Kier molecular flexibility index (Phi) is 6.90. The van der Waals surface area contributed by atoms with Crippen molar-refractivity contribution in [1.82, 2.24) is 20.2 Å². The molecule has 26 heavy (non-hydrogen) atoms. The minimum absolute atomic E-state index is 0.152. The zero-order valence-electron chi connectivity index (χ0n) is 14.9. The first-order chi connectivity index (χ1) is 12.3. The monoisotopic (exact) mass is 427 g/mol. The Bertz CT molecular complexity index is 667. The Balaban J connectivity index is 2.09. The van der Waals surface area contributed by atoms with Crippen LogP contribution in [0.15, 0.2) is 16.9 Å². The van der Waals surface area contributed by atoms with Crippen LogP contribution in [0.5, 0.6) is 0 Å². The predicted octanol–water partition coefficient (Wildman–Crippen LogP) is 1.55. The first kappa shape index (κ1) is 20.1. The molecule has 0 spiro atoms. The third-order valence-electron chi connectivity index (χ3n) is 4.09. The number of hydrogen-bond acceptors (Lipinski definition) is 6. The summed E-state index contributed by atoms with van der Waals surface area (Å²) >= 11 is 3.23. The Labute approximate surface area is 160 Å². The lowest BCUT2D eigenvalue weighted by Gasteiger charge is -2.30. The van der Waals surface area contributed by atoms with Crippen LogP contribution >= 0.6 is 15.9 Å². The Morgan fingerprint density at radius 3 is 2.54 bits per heavy atom. The molecule has 3 amide bonds. The molecule has 1 saturated heterocycles. The molecule has 1 aromatic heterocycles. The van der Waals surface area contributed by atoms with E-state index in [0.29, 0.717) is 23.9 Å². The standard InChI is InChI=1S/C16H22BrN5O4/c1-9(2)12(20-16(25)26-3)14(24)22-6-4-5-11(22)13(23)21-15-18-7-10(17)8-19-15/h7-9,11-12H,4-6H2,1-3H3,(H,20,25)(H,18,19,21,23)/t11-,12-/m0/s1. The molecular weight excluding hydrogens is 406 g/mol. The van der Waals surface area contributed by atoms with Crippen molar-refractivity contribution in [3.8, 4) is 0 Å². The summed E-state index contributed by atoms with van der Waals surface area (Å²) in [6.07, 6.45) is 3.61. The summed E-state index contributed by atoms with van der Waals surface area (Å²) in [5.41, 5.74) is 0. The fourth-order valence-corrected chi connectivity index (χ4v) is 2.96. The van der Waals surface area contributed by atoms with Crippen LogP contribution in [0.25, 0.3) is 0 Å². The minimum atomic E-state index is -0.764. The van der Waals surface area contributed by atoms with Crippen LogP contribution in [0.1, 0.15) is 26.7 Å². The molecule has 2 atom stereocenters. The van der Waals surface area contributed by atoms with E-state index in [1.165, 1.54) is 24.4 Å².